The van der Waals surface area contributed by atoms with E-state index in [0.717, 1.165) is 40.3 Å². The van der Waals surface area contributed by atoms with Crippen LogP contribution in [0.4, 0.5) is 0 Å². The van der Waals surface area contributed by atoms with Gasteiger partial charge in [-0.1, -0.05) is 66.6 Å². The molecule has 5 rings (SSSR count). The first-order chi connectivity index (χ1) is 14.7. The summed E-state index contributed by atoms with van der Waals surface area (Å²) in [4.78, 5) is 17.2. The van der Waals surface area contributed by atoms with Gasteiger partial charge in [0.2, 0.25) is 5.91 Å². The van der Waals surface area contributed by atoms with Crippen LogP contribution in [0.15, 0.2) is 53.6 Å². The van der Waals surface area contributed by atoms with Gasteiger partial charge in [-0.25, -0.2) is 4.98 Å². The van der Waals surface area contributed by atoms with Gasteiger partial charge < -0.3 is 5.32 Å². The number of hydrogen-bond acceptors (Lipinski definition) is 5. The van der Waals surface area contributed by atoms with Crippen LogP contribution in [0.5, 0.6) is 0 Å². The van der Waals surface area contributed by atoms with E-state index in [-0.39, 0.29) is 5.91 Å². The zero-order valence-corrected chi connectivity index (χ0v) is 17.7. The number of carbonyl (C=O) groups is 1. The number of rotatable bonds is 5. The van der Waals surface area contributed by atoms with Gasteiger partial charge in [0.25, 0.3) is 0 Å². The fourth-order valence-corrected chi connectivity index (χ4v) is 4.79. The molecule has 1 aliphatic carbocycles. The molecule has 2 aromatic carbocycles. The van der Waals surface area contributed by atoms with Crippen molar-refractivity contribution in [2.75, 3.05) is 5.75 Å². The molecule has 0 aliphatic heterocycles. The highest BCUT2D eigenvalue weighted by Gasteiger charge is 2.20. The number of para-hydroxylation sites is 2. The Morgan fingerprint density at radius 3 is 2.67 bits per heavy atom. The molecule has 0 atom stereocenters. The Bertz CT molecular complexity index is 1210. The first-order valence-electron chi connectivity index (χ1n) is 10.3. The van der Waals surface area contributed by atoms with Gasteiger partial charge in [0.05, 0.1) is 16.8 Å². The average molecular weight is 418 g/mol. The molecule has 2 aromatic heterocycles. The van der Waals surface area contributed by atoms with Crippen molar-refractivity contribution in [3.63, 3.8) is 0 Å². The second-order valence-corrected chi connectivity index (χ2v) is 8.76. The third kappa shape index (κ3) is 3.65. The van der Waals surface area contributed by atoms with E-state index in [4.69, 9.17) is 4.98 Å². The summed E-state index contributed by atoms with van der Waals surface area (Å²) in [5.41, 5.74) is 4.69. The van der Waals surface area contributed by atoms with Gasteiger partial charge >= 0.3 is 0 Å². The minimum absolute atomic E-state index is 0.0540. The van der Waals surface area contributed by atoms with E-state index in [1.165, 1.54) is 30.2 Å². The highest BCUT2D eigenvalue weighted by atomic mass is 32.2. The summed E-state index contributed by atoms with van der Waals surface area (Å²) in [5, 5.41) is 12.8. The van der Waals surface area contributed by atoms with Gasteiger partial charge in [-0.3, -0.25) is 9.20 Å². The molecule has 0 radical (unpaired) electrons. The van der Waals surface area contributed by atoms with Gasteiger partial charge in [-0.05, 0) is 31.9 Å². The Morgan fingerprint density at radius 1 is 1.10 bits per heavy atom. The fourth-order valence-electron chi connectivity index (χ4n) is 4.02. The number of fused-ring (bicyclic) bond motifs is 3. The zero-order valence-electron chi connectivity index (χ0n) is 16.8. The van der Waals surface area contributed by atoms with Crippen molar-refractivity contribution in [1.29, 1.82) is 0 Å². The SMILES string of the molecule is Cc1ccc(-c2nnc3c(SCC(=O)NC4CCCC4)nc4ccccc4n23)cc1. The Hall–Kier alpha value is -2.93. The third-order valence-electron chi connectivity index (χ3n) is 5.57. The minimum atomic E-state index is 0.0540. The van der Waals surface area contributed by atoms with Crippen LogP contribution < -0.4 is 5.32 Å². The Kier molecular flexibility index (Phi) is 5.12. The predicted molar refractivity (Wildman–Crippen MR) is 120 cm³/mol. The Labute approximate surface area is 179 Å². The number of aryl methyl sites for hydroxylation is 1. The number of nitrogens with one attached hydrogen (secondary N) is 1. The number of thioether (sulfide) groups is 1. The van der Waals surface area contributed by atoms with E-state index >= 15 is 0 Å². The summed E-state index contributed by atoms with van der Waals surface area (Å²) in [5.74, 6) is 1.16. The number of benzene rings is 2. The number of nitrogens with zero attached hydrogens (tertiary/aromatic N) is 4. The van der Waals surface area contributed by atoms with Gasteiger partial charge in [0.1, 0.15) is 5.03 Å². The van der Waals surface area contributed by atoms with Gasteiger partial charge in [-0.2, -0.15) is 0 Å². The van der Waals surface area contributed by atoms with E-state index in [1.807, 2.05) is 28.7 Å². The molecule has 0 saturated heterocycles. The lowest BCUT2D eigenvalue weighted by Gasteiger charge is -2.12. The molecule has 30 heavy (non-hydrogen) atoms. The quantitative estimate of drug-likeness (QED) is 0.487. The highest BCUT2D eigenvalue weighted by Crippen LogP contribution is 2.29. The summed E-state index contributed by atoms with van der Waals surface area (Å²) < 4.78 is 2.05. The van der Waals surface area contributed by atoms with Crippen LogP contribution in [-0.4, -0.2) is 37.3 Å². The van der Waals surface area contributed by atoms with E-state index in [0.29, 0.717) is 17.4 Å². The van der Waals surface area contributed by atoms with Crippen molar-refractivity contribution in [3.8, 4) is 11.4 Å². The molecule has 1 fully saturated rings. The van der Waals surface area contributed by atoms with E-state index < -0.39 is 0 Å². The molecule has 1 aliphatic rings. The van der Waals surface area contributed by atoms with Crippen LogP contribution in [0.1, 0.15) is 31.2 Å². The molecule has 4 aromatic rings. The summed E-state index contributed by atoms with van der Waals surface area (Å²) in [6.07, 6.45) is 4.57. The second-order valence-electron chi connectivity index (χ2n) is 7.79. The number of aromatic nitrogens is 4. The maximum absolute atomic E-state index is 12.4. The number of hydrogen-bond donors (Lipinski definition) is 1. The van der Waals surface area contributed by atoms with Crippen LogP contribution in [0, 0.1) is 6.92 Å². The maximum Gasteiger partial charge on any atom is 0.230 e. The molecular weight excluding hydrogens is 394 g/mol. The molecule has 7 heteroatoms. The molecular formula is C23H23N5OS. The van der Waals surface area contributed by atoms with Crippen molar-refractivity contribution >= 4 is 34.3 Å². The summed E-state index contributed by atoms with van der Waals surface area (Å²) in [6, 6.07) is 16.6. The Morgan fingerprint density at radius 2 is 1.87 bits per heavy atom. The summed E-state index contributed by atoms with van der Waals surface area (Å²) in [7, 11) is 0. The number of carbonyl (C=O) groups excluding carboxylic acids is 1. The lowest BCUT2D eigenvalue weighted by molar-refractivity contribution is -0.119. The van der Waals surface area contributed by atoms with E-state index in [2.05, 4.69) is 46.7 Å². The van der Waals surface area contributed by atoms with Crippen LogP contribution in [0.25, 0.3) is 28.1 Å². The van der Waals surface area contributed by atoms with Crippen LogP contribution in [-0.2, 0) is 4.79 Å². The lowest BCUT2D eigenvalue weighted by atomic mass is 10.1. The zero-order chi connectivity index (χ0) is 20.5. The summed E-state index contributed by atoms with van der Waals surface area (Å²) in [6.45, 7) is 2.07. The van der Waals surface area contributed by atoms with Crippen molar-refractivity contribution in [2.24, 2.45) is 0 Å². The molecule has 0 bridgehead atoms. The van der Waals surface area contributed by atoms with Gasteiger partial charge in [0.15, 0.2) is 11.5 Å². The van der Waals surface area contributed by atoms with Gasteiger partial charge in [0, 0.05) is 11.6 Å². The van der Waals surface area contributed by atoms with E-state index in [1.54, 1.807) is 0 Å². The van der Waals surface area contributed by atoms with Gasteiger partial charge in [-0.15, -0.1) is 10.2 Å². The highest BCUT2D eigenvalue weighted by molar-refractivity contribution is 8.00. The van der Waals surface area contributed by atoms with Crippen LogP contribution in [0.2, 0.25) is 0 Å². The van der Waals surface area contributed by atoms with Crippen molar-refractivity contribution in [3.05, 3.63) is 54.1 Å². The average Bonchev–Trinajstić information content (AvgIpc) is 3.43. The van der Waals surface area contributed by atoms with Crippen molar-refractivity contribution < 1.29 is 4.79 Å². The molecule has 152 valence electrons. The summed E-state index contributed by atoms with van der Waals surface area (Å²) >= 11 is 1.42. The first kappa shape index (κ1) is 19.1. The molecule has 1 N–H and O–H groups in total. The predicted octanol–water partition coefficient (Wildman–Crippen LogP) is 4.40. The standard InChI is InChI=1S/C23H23N5OS/c1-15-10-12-16(13-11-15)21-26-27-22-23(25-18-8-4-5-9-19(18)28(21)22)30-14-20(29)24-17-6-2-3-7-17/h4-5,8-13,17H,2-3,6-7,14H2,1H3,(H,24,29). The molecule has 1 amide bonds. The Balaban J connectivity index is 1.52. The van der Waals surface area contributed by atoms with E-state index in [9.17, 15) is 4.79 Å². The smallest absolute Gasteiger partial charge is 0.230 e. The maximum atomic E-state index is 12.4. The normalized spacial score (nSPS) is 14.6. The molecule has 6 nitrogen and oxygen atoms in total. The monoisotopic (exact) mass is 417 g/mol. The van der Waals surface area contributed by atoms with Crippen LogP contribution >= 0.6 is 11.8 Å². The fraction of sp³-hybridized carbons (Fsp3) is 0.304. The topological polar surface area (TPSA) is 72.2 Å². The minimum Gasteiger partial charge on any atom is -0.353 e. The second kappa shape index (κ2) is 8.07. The molecule has 0 unspecified atom stereocenters. The lowest BCUT2D eigenvalue weighted by Crippen LogP contribution is -2.33. The van der Waals surface area contributed by atoms with Crippen molar-refractivity contribution in [1.82, 2.24) is 24.9 Å². The molecule has 1 saturated carbocycles. The largest absolute Gasteiger partial charge is 0.353 e. The van der Waals surface area contributed by atoms with Crippen molar-refractivity contribution in [2.45, 2.75) is 43.7 Å². The van der Waals surface area contributed by atoms with Crippen LogP contribution in [0.3, 0.4) is 0 Å². The number of amides is 1. The third-order valence-corrected chi connectivity index (χ3v) is 6.52. The molecule has 2 heterocycles. The molecule has 0 spiro atoms. The first-order valence-corrected chi connectivity index (χ1v) is 11.3.